The molecule has 1 aromatic heterocycles. The Kier molecular flexibility index (Phi) is 7.47. The lowest BCUT2D eigenvalue weighted by molar-refractivity contribution is 0.244. The smallest absolute Gasteiger partial charge is 0.261 e. The fourth-order valence-electron chi connectivity index (χ4n) is 3.98. The summed E-state index contributed by atoms with van der Waals surface area (Å²) in [6.45, 7) is 7.92. The minimum Gasteiger partial charge on any atom is -0.372 e. The third kappa shape index (κ3) is 5.25. The van der Waals surface area contributed by atoms with Gasteiger partial charge in [-0.05, 0) is 30.0 Å². The van der Waals surface area contributed by atoms with Crippen molar-refractivity contribution in [1.29, 1.82) is 16.3 Å². The fourth-order valence-corrected chi connectivity index (χ4v) is 3.98. The number of rotatable bonds is 8. The van der Waals surface area contributed by atoms with Crippen LogP contribution in [0, 0.1) is 22.3 Å². The number of aromatic amines is 1. The molecule has 10 heteroatoms. The molecule has 1 fully saturated rings. The molecule has 5 N–H and O–H groups in total. The van der Waals surface area contributed by atoms with Crippen molar-refractivity contribution in [2.75, 3.05) is 43.4 Å². The van der Waals surface area contributed by atoms with Crippen LogP contribution in [0.5, 0.6) is 0 Å². The van der Waals surface area contributed by atoms with Crippen molar-refractivity contribution in [3.05, 3.63) is 51.1 Å². The van der Waals surface area contributed by atoms with Crippen LogP contribution < -0.4 is 15.8 Å². The lowest BCUT2D eigenvalue weighted by atomic mass is 9.99. The second-order valence-electron chi connectivity index (χ2n) is 8.34. The average molecular weight is 438 g/mol. The zero-order valence-corrected chi connectivity index (χ0v) is 18.8. The van der Waals surface area contributed by atoms with Crippen LogP contribution in [0.3, 0.4) is 0 Å². The van der Waals surface area contributed by atoms with Crippen molar-refractivity contribution in [3.63, 3.8) is 0 Å². The number of hydrogen-bond acceptors (Lipinski definition) is 8. The van der Waals surface area contributed by atoms with Gasteiger partial charge in [0.15, 0.2) is 5.84 Å². The highest BCUT2D eigenvalue weighted by Crippen LogP contribution is 2.26. The van der Waals surface area contributed by atoms with Crippen molar-refractivity contribution in [1.82, 2.24) is 14.9 Å². The summed E-state index contributed by atoms with van der Waals surface area (Å²) >= 11 is 0. The zero-order valence-electron chi connectivity index (χ0n) is 18.8. The van der Waals surface area contributed by atoms with Crippen molar-refractivity contribution < 1.29 is 0 Å². The second-order valence-corrected chi connectivity index (χ2v) is 8.34. The number of nitrogens with zero attached hydrogens (tertiary/aromatic N) is 4. The molecule has 2 aromatic rings. The van der Waals surface area contributed by atoms with E-state index in [2.05, 4.69) is 50.1 Å². The van der Waals surface area contributed by atoms with E-state index in [9.17, 15) is 4.79 Å². The van der Waals surface area contributed by atoms with Crippen LogP contribution in [0.4, 0.5) is 11.5 Å². The van der Waals surface area contributed by atoms with Gasteiger partial charge < -0.3 is 20.6 Å². The number of anilines is 2. The highest BCUT2D eigenvalue weighted by molar-refractivity contribution is 6.01. The minimum absolute atomic E-state index is 0.0359. The molecule has 0 radical (unpaired) electrons. The van der Waals surface area contributed by atoms with E-state index < -0.39 is 0 Å². The van der Waals surface area contributed by atoms with Crippen molar-refractivity contribution >= 4 is 23.6 Å². The maximum atomic E-state index is 12.2. The molecule has 0 bridgehead atoms. The number of benzene rings is 1. The molecule has 0 saturated carbocycles. The van der Waals surface area contributed by atoms with Gasteiger partial charge in [-0.3, -0.25) is 15.1 Å². The minimum atomic E-state index is -0.322. The number of hydrogen-bond donors (Lipinski definition) is 5. The Balaban J connectivity index is 1.75. The molecule has 0 spiro atoms. The lowest BCUT2D eigenvalue weighted by Gasteiger charge is -2.37. The van der Waals surface area contributed by atoms with Crippen LogP contribution in [0.1, 0.15) is 36.4 Å². The molecule has 1 aromatic carbocycles. The van der Waals surface area contributed by atoms with E-state index in [-0.39, 0.29) is 17.0 Å². The predicted octanol–water partition coefficient (Wildman–Crippen LogP) is 2.69. The van der Waals surface area contributed by atoms with Crippen molar-refractivity contribution in [2.45, 2.75) is 26.8 Å². The maximum absolute atomic E-state index is 12.2. The third-order valence-corrected chi connectivity index (χ3v) is 5.54. The van der Waals surface area contributed by atoms with Crippen LogP contribution in [0.25, 0.3) is 0 Å². The van der Waals surface area contributed by atoms with E-state index in [4.69, 9.17) is 16.3 Å². The molecular formula is C22H31N9O. The van der Waals surface area contributed by atoms with Crippen LogP contribution in [-0.2, 0) is 13.0 Å². The van der Waals surface area contributed by atoms with Crippen LogP contribution in [0.15, 0.2) is 28.1 Å². The summed E-state index contributed by atoms with van der Waals surface area (Å²) < 4.78 is 0. The Bertz CT molecular complexity index is 1050. The topological polar surface area (TPSA) is 148 Å². The fraction of sp³-hybridized carbons (Fsp3) is 0.455. The molecule has 0 unspecified atom stereocenters. The van der Waals surface area contributed by atoms with Gasteiger partial charge >= 0.3 is 0 Å². The van der Waals surface area contributed by atoms with Gasteiger partial charge in [-0.1, -0.05) is 19.9 Å². The van der Waals surface area contributed by atoms with E-state index in [1.165, 1.54) is 5.56 Å². The highest BCUT2D eigenvalue weighted by Gasteiger charge is 2.22. The number of amidine groups is 1. The van der Waals surface area contributed by atoms with Gasteiger partial charge in [0.1, 0.15) is 11.6 Å². The Morgan fingerprint density at radius 2 is 2.03 bits per heavy atom. The number of aromatic nitrogens is 2. The van der Waals surface area contributed by atoms with Gasteiger partial charge in [0.05, 0.1) is 12.1 Å². The number of nitrogens with one attached hydrogen (secondary N) is 5. The van der Waals surface area contributed by atoms with E-state index in [0.717, 1.165) is 44.5 Å². The number of piperazine rings is 1. The van der Waals surface area contributed by atoms with E-state index in [1.807, 2.05) is 12.1 Å². The van der Waals surface area contributed by atoms with Crippen molar-refractivity contribution in [2.24, 2.45) is 11.0 Å². The first-order chi connectivity index (χ1) is 15.4. The monoisotopic (exact) mass is 437 g/mol. The first-order valence-electron chi connectivity index (χ1n) is 10.7. The molecule has 32 heavy (non-hydrogen) atoms. The molecule has 0 aliphatic carbocycles. The van der Waals surface area contributed by atoms with Crippen molar-refractivity contribution in [3.8, 4) is 0 Å². The predicted molar refractivity (Wildman–Crippen MR) is 127 cm³/mol. The second kappa shape index (κ2) is 10.3. The molecular weight excluding hydrogens is 406 g/mol. The molecule has 1 saturated heterocycles. The van der Waals surface area contributed by atoms with Crippen LogP contribution in [0.2, 0.25) is 0 Å². The quantitative estimate of drug-likeness (QED) is 0.245. The molecule has 1 aliphatic rings. The zero-order chi connectivity index (χ0) is 23.3. The molecule has 170 valence electrons. The summed E-state index contributed by atoms with van der Waals surface area (Å²) in [5.74, 6) is 1.46. The Morgan fingerprint density at radius 1 is 1.31 bits per heavy atom. The highest BCUT2D eigenvalue weighted by atomic mass is 16.1. The molecule has 3 rings (SSSR count). The van der Waals surface area contributed by atoms with Gasteiger partial charge in [-0.2, -0.15) is 0 Å². The van der Waals surface area contributed by atoms with E-state index in [0.29, 0.717) is 29.7 Å². The summed E-state index contributed by atoms with van der Waals surface area (Å²) in [6, 6.07) is 6.05. The lowest BCUT2D eigenvalue weighted by Crippen LogP contribution is -2.46. The molecule has 0 atom stereocenters. The molecule has 10 nitrogen and oxygen atoms in total. The third-order valence-electron chi connectivity index (χ3n) is 5.54. The average Bonchev–Trinajstić information content (AvgIpc) is 2.78. The summed E-state index contributed by atoms with van der Waals surface area (Å²) in [5, 5.41) is 21.7. The molecule has 1 aliphatic heterocycles. The van der Waals surface area contributed by atoms with E-state index >= 15 is 0 Å². The Morgan fingerprint density at radius 3 is 2.62 bits per heavy atom. The molecule has 0 amide bonds. The van der Waals surface area contributed by atoms with Gasteiger partial charge in [0, 0.05) is 50.7 Å². The van der Waals surface area contributed by atoms with Gasteiger partial charge in [0.25, 0.3) is 5.56 Å². The standard InChI is InChI=1S/C22H31N9O/c1-14(2)10-15-4-5-16(20(24)29-25)18(11-15)31-8-6-30(7-9-31)13-19-27-21(26-3)17(12-23)22(32)28-19/h4-5,11-12,14,23-25H,6-10,13H2,1-3H3,(H2,26,27,28,32). The largest absolute Gasteiger partial charge is 0.372 e. The first-order valence-corrected chi connectivity index (χ1v) is 10.7. The number of H-pyrrole nitrogens is 1. The van der Waals surface area contributed by atoms with Crippen LogP contribution in [-0.4, -0.2) is 60.1 Å². The van der Waals surface area contributed by atoms with Gasteiger partial charge in [0.2, 0.25) is 0 Å². The van der Waals surface area contributed by atoms with Gasteiger partial charge in [-0.15, -0.1) is 5.11 Å². The Hall–Kier alpha value is -3.40. The maximum Gasteiger partial charge on any atom is 0.261 e. The summed E-state index contributed by atoms with van der Waals surface area (Å²) in [6.07, 6.45) is 1.96. The summed E-state index contributed by atoms with van der Waals surface area (Å²) in [5.41, 5.74) is 10.0. The SMILES string of the molecule is CNc1nc(CN2CCN(c3cc(CC(C)C)ccc3C(=N)N=N)CC2)[nH]c(=O)c1C=N. The molecule has 2 heterocycles. The van der Waals surface area contributed by atoms with Gasteiger partial charge in [-0.25, -0.2) is 10.5 Å². The Labute approximate surface area is 187 Å². The normalized spacial score (nSPS) is 14.4. The first kappa shape index (κ1) is 23.3. The van der Waals surface area contributed by atoms with Crippen LogP contribution >= 0.6 is 0 Å². The van der Waals surface area contributed by atoms with E-state index in [1.54, 1.807) is 7.05 Å². The summed E-state index contributed by atoms with van der Waals surface area (Å²) in [7, 11) is 1.68. The summed E-state index contributed by atoms with van der Waals surface area (Å²) in [4.78, 5) is 23.9.